The van der Waals surface area contributed by atoms with E-state index in [4.69, 9.17) is 4.74 Å². The predicted molar refractivity (Wildman–Crippen MR) is 135 cm³/mol. The average Bonchev–Trinajstić information content (AvgIpc) is 2.78. The first-order valence-corrected chi connectivity index (χ1v) is 13.3. The molecular formula is C28H50O4. The fraction of sp³-hybridized carbons (Fsp3) is 0.786. The van der Waals surface area contributed by atoms with Gasteiger partial charge in [-0.15, -0.1) is 0 Å². The number of carboxylic acid groups (broad SMARTS) is 1. The Labute approximate surface area is 197 Å². The Morgan fingerprint density at radius 1 is 0.781 bits per heavy atom. The minimum atomic E-state index is -0.987. The van der Waals surface area contributed by atoms with E-state index in [-0.39, 0.29) is 13.0 Å². The molecule has 0 saturated carbocycles. The van der Waals surface area contributed by atoms with E-state index in [1.165, 1.54) is 109 Å². The van der Waals surface area contributed by atoms with Gasteiger partial charge in [0.25, 0.3) is 0 Å². The number of carbonyl (C=O) groups is 2. The van der Waals surface area contributed by atoms with Crippen LogP contribution in [0.5, 0.6) is 0 Å². The number of esters is 1. The first-order chi connectivity index (χ1) is 15.6. The summed E-state index contributed by atoms with van der Waals surface area (Å²) in [6.45, 7) is 5.86. The first-order valence-electron chi connectivity index (χ1n) is 13.3. The molecule has 0 rings (SSSR count). The quantitative estimate of drug-likeness (QED) is 0.0910. The molecule has 0 heterocycles. The number of carbonyl (C=O) groups excluding carboxylic acids is 1. The molecule has 0 spiro atoms. The number of hydrogen-bond acceptors (Lipinski definition) is 3. The molecule has 0 aliphatic carbocycles. The molecule has 4 heteroatoms. The van der Waals surface area contributed by atoms with E-state index >= 15 is 0 Å². The van der Waals surface area contributed by atoms with Gasteiger partial charge >= 0.3 is 11.9 Å². The molecule has 4 nitrogen and oxygen atoms in total. The lowest BCUT2D eigenvalue weighted by atomic mass is 10.0. The van der Waals surface area contributed by atoms with Crippen LogP contribution in [0.1, 0.15) is 129 Å². The lowest BCUT2D eigenvalue weighted by Crippen LogP contribution is -2.17. The molecule has 0 radical (unpaired) electrons. The normalized spacial score (nSPS) is 12.2. The summed E-state index contributed by atoms with van der Waals surface area (Å²) in [6.07, 6.45) is 28.7. The largest absolute Gasteiger partial charge is 0.481 e. The number of hydrogen-bond donors (Lipinski definition) is 1. The molecule has 0 saturated heterocycles. The highest BCUT2D eigenvalue weighted by molar-refractivity contribution is 5.80. The van der Waals surface area contributed by atoms with Gasteiger partial charge < -0.3 is 9.84 Å². The molecule has 32 heavy (non-hydrogen) atoms. The van der Waals surface area contributed by atoms with Crippen LogP contribution in [0.25, 0.3) is 0 Å². The van der Waals surface area contributed by atoms with Crippen molar-refractivity contribution >= 4 is 11.9 Å². The van der Waals surface area contributed by atoms with Crippen molar-refractivity contribution in [2.24, 2.45) is 5.92 Å². The Morgan fingerprint density at radius 3 is 1.62 bits per heavy atom. The van der Waals surface area contributed by atoms with Gasteiger partial charge in [0.1, 0.15) is 6.61 Å². The summed E-state index contributed by atoms with van der Waals surface area (Å²) in [6, 6.07) is 0. The second kappa shape index (κ2) is 24.1. The Balaban J connectivity index is 3.46. The average molecular weight is 451 g/mol. The summed E-state index contributed by atoms with van der Waals surface area (Å²) in [7, 11) is 0. The highest BCUT2D eigenvalue weighted by Gasteiger charge is 2.18. The molecule has 0 aromatic carbocycles. The third-order valence-corrected chi connectivity index (χ3v) is 5.91. The van der Waals surface area contributed by atoms with Crippen LogP contribution < -0.4 is 0 Å². The fourth-order valence-electron chi connectivity index (χ4n) is 3.88. The molecule has 1 unspecified atom stereocenters. The van der Waals surface area contributed by atoms with Gasteiger partial charge in [-0.05, 0) is 12.8 Å². The summed E-state index contributed by atoms with van der Waals surface area (Å²) >= 11 is 0. The first kappa shape index (κ1) is 30.4. The van der Waals surface area contributed by atoms with Crippen molar-refractivity contribution in [1.29, 1.82) is 0 Å². The molecule has 0 amide bonds. The number of ether oxygens (including phenoxy) is 1. The lowest BCUT2D eigenvalue weighted by Gasteiger charge is -2.07. The van der Waals surface area contributed by atoms with Gasteiger partial charge in [0.2, 0.25) is 0 Å². The molecular weight excluding hydrogens is 400 g/mol. The van der Waals surface area contributed by atoms with Crippen LogP contribution in [-0.4, -0.2) is 23.7 Å². The number of rotatable bonds is 24. The summed E-state index contributed by atoms with van der Waals surface area (Å²) in [5.74, 6) is -2.29. The maximum absolute atomic E-state index is 11.6. The van der Waals surface area contributed by atoms with Gasteiger partial charge in [0, 0.05) is 0 Å². The van der Waals surface area contributed by atoms with E-state index in [2.05, 4.69) is 13.5 Å². The second-order valence-electron chi connectivity index (χ2n) is 8.99. The van der Waals surface area contributed by atoms with Crippen LogP contribution in [0.15, 0.2) is 24.8 Å². The van der Waals surface area contributed by atoms with Crippen molar-refractivity contribution in [3.8, 4) is 0 Å². The van der Waals surface area contributed by atoms with Gasteiger partial charge in [-0.3, -0.25) is 9.59 Å². The Hall–Kier alpha value is -1.58. The molecule has 186 valence electrons. The van der Waals surface area contributed by atoms with Gasteiger partial charge in [-0.2, -0.15) is 0 Å². The predicted octanol–water partition coefficient (Wildman–Crippen LogP) is 8.40. The minimum Gasteiger partial charge on any atom is -0.481 e. The number of aliphatic carboxylic acids is 1. The van der Waals surface area contributed by atoms with Crippen molar-refractivity contribution in [3.63, 3.8) is 0 Å². The third-order valence-electron chi connectivity index (χ3n) is 5.91. The van der Waals surface area contributed by atoms with E-state index in [1.807, 2.05) is 6.08 Å². The molecule has 0 aliphatic heterocycles. The maximum Gasteiger partial charge on any atom is 0.310 e. The molecule has 0 aliphatic rings. The van der Waals surface area contributed by atoms with Crippen LogP contribution in [0.2, 0.25) is 0 Å². The van der Waals surface area contributed by atoms with E-state index in [0.717, 1.165) is 12.8 Å². The molecule has 0 aromatic heterocycles. The van der Waals surface area contributed by atoms with Crippen LogP contribution in [0.4, 0.5) is 0 Å². The number of carboxylic acids is 1. The Bertz CT molecular complexity index is 484. The zero-order valence-corrected chi connectivity index (χ0v) is 20.8. The standard InChI is InChI=1S/C28H50O4/c1-3-5-6-7-8-9-10-11-12-13-14-15-16-17-18-19-20-21-22-23-26(28(30)31)25-27(29)32-24-4-2/h4,22-23,26H,2-3,5-21,24-25H2,1H3,(H,30,31)/b23-22+. The smallest absolute Gasteiger partial charge is 0.310 e. The Kier molecular flexibility index (Phi) is 22.9. The van der Waals surface area contributed by atoms with Crippen molar-refractivity contribution in [1.82, 2.24) is 0 Å². The van der Waals surface area contributed by atoms with Crippen LogP contribution >= 0.6 is 0 Å². The van der Waals surface area contributed by atoms with E-state index in [0.29, 0.717) is 0 Å². The van der Waals surface area contributed by atoms with Gasteiger partial charge in [0.15, 0.2) is 0 Å². The van der Waals surface area contributed by atoms with E-state index in [1.54, 1.807) is 6.08 Å². The molecule has 0 aromatic rings. The SMILES string of the molecule is C=CCOC(=O)CC(/C=C/CCCCCCCCCCCCCCCCCCC)C(=O)O. The third kappa shape index (κ3) is 21.6. The van der Waals surface area contributed by atoms with Crippen molar-refractivity contribution in [2.75, 3.05) is 6.61 Å². The zero-order valence-electron chi connectivity index (χ0n) is 20.8. The van der Waals surface area contributed by atoms with Crippen molar-refractivity contribution < 1.29 is 19.4 Å². The number of allylic oxidation sites excluding steroid dienone is 1. The van der Waals surface area contributed by atoms with Gasteiger partial charge in [-0.25, -0.2) is 0 Å². The monoisotopic (exact) mass is 450 g/mol. The van der Waals surface area contributed by atoms with Crippen LogP contribution in [-0.2, 0) is 14.3 Å². The summed E-state index contributed by atoms with van der Waals surface area (Å²) in [4.78, 5) is 22.8. The van der Waals surface area contributed by atoms with Gasteiger partial charge in [-0.1, -0.05) is 134 Å². The minimum absolute atomic E-state index is 0.119. The fourth-order valence-corrected chi connectivity index (χ4v) is 3.88. The summed E-state index contributed by atoms with van der Waals surface area (Å²) in [5, 5.41) is 9.22. The summed E-state index contributed by atoms with van der Waals surface area (Å²) in [5.41, 5.74) is 0. The highest BCUT2D eigenvalue weighted by atomic mass is 16.5. The highest BCUT2D eigenvalue weighted by Crippen LogP contribution is 2.15. The van der Waals surface area contributed by atoms with Crippen molar-refractivity contribution in [3.05, 3.63) is 24.8 Å². The second-order valence-corrected chi connectivity index (χ2v) is 8.99. The molecule has 0 bridgehead atoms. The topological polar surface area (TPSA) is 63.6 Å². The van der Waals surface area contributed by atoms with Crippen molar-refractivity contribution in [2.45, 2.75) is 129 Å². The Morgan fingerprint density at radius 2 is 1.22 bits per heavy atom. The van der Waals surface area contributed by atoms with Crippen LogP contribution in [0.3, 0.4) is 0 Å². The number of unbranched alkanes of at least 4 members (excludes halogenated alkanes) is 17. The van der Waals surface area contributed by atoms with E-state index < -0.39 is 17.9 Å². The van der Waals surface area contributed by atoms with Crippen LogP contribution in [0, 0.1) is 5.92 Å². The zero-order chi connectivity index (χ0) is 23.7. The maximum atomic E-state index is 11.6. The molecule has 1 N–H and O–H groups in total. The lowest BCUT2D eigenvalue weighted by molar-refractivity contribution is -0.149. The van der Waals surface area contributed by atoms with E-state index in [9.17, 15) is 14.7 Å². The molecule has 0 fully saturated rings. The molecule has 1 atom stereocenters. The summed E-state index contributed by atoms with van der Waals surface area (Å²) < 4.78 is 4.86. The van der Waals surface area contributed by atoms with Gasteiger partial charge in [0.05, 0.1) is 12.3 Å².